The summed E-state index contributed by atoms with van der Waals surface area (Å²) in [5.41, 5.74) is 2.42. The highest BCUT2D eigenvalue weighted by Gasteiger charge is 2.14. The molecule has 1 fully saturated rings. The summed E-state index contributed by atoms with van der Waals surface area (Å²) in [6.45, 7) is 6.37. The van der Waals surface area contributed by atoms with Gasteiger partial charge in [0.25, 0.3) is 0 Å². The van der Waals surface area contributed by atoms with E-state index in [0.29, 0.717) is 12.0 Å². The molecule has 1 aromatic heterocycles. The number of aryl methyl sites for hydroxylation is 1. The molecule has 1 aliphatic rings. The minimum atomic E-state index is 0.469. The van der Waals surface area contributed by atoms with Crippen LogP contribution in [0.5, 0.6) is 0 Å². The molecule has 0 bridgehead atoms. The molecule has 3 rings (SSSR count). The fourth-order valence-corrected chi connectivity index (χ4v) is 3.41. The molecule has 4 nitrogen and oxygen atoms in total. The van der Waals surface area contributed by atoms with Crippen LogP contribution in [0.25, 0.3) is 0 Å². The van der Waals surface area contributed by atoms with Crippen molar-refractivity contribution in [1.29, 1.82) is 0 Å². The van der Waals surface area contributed by atoms with E-state index in [2.05, 4.69) is 58.7 Å². The van der Waals surface area contributed by atoms with Crippen molar-refractivity contribution in [2.75, 3.05) is 10.6 Å². The first-order valence-electron chi connectivity index (χ1n) is 9.10. The fraction of sp³-hybridized carbons (Fsp3) is 0.500. The highest BCUT2D eigenvalue weighted by molar-refractivity contribution is 5.63. The summed E-state index contributed by atoms with van der Waals surface area (Å²) in [6, 6.07) is 11.0. The minimum Gasteiger partial charge on any atom is -0.367 e. The Bertz CT molecular complexity index is 675. The van der Waals surface area contributed by atoms with Crippen molar-refractivity contribution in [3.8, 4) is 0 Å². The topological polar surface area (TPSA) is 49.8 Å². The van der Waals surface area contributed by atoms with E-state index in [1.165, 1.54) is 37.7 Å². The predicted octanol–water partition coefficient (Wildman–Crippen LogP) is 5.40. The molecule has 1 heterocycles. The van der Waals surface area contributed by atoms with E-state index < -0.39 is 0 Å². The lowest BCUT2D eigenvalue weighted by Gasteiger charge is -2.23. The Morgan fingerprint density at radius 1 is 1.00 bits per heavy atom. The monoisotopic (exact) mass is 324 g/mol. The average molecular weight is 324 g/mol. The van der Waals surface area contributed by atoms with E-state index in [9.17, 15) is 0 Å². The smallest absolute Gasteiger partial charge is 0.136 e. The van der Waals surface area contributed by atoms with Gasteiger partial charge in [0.1, 0.15) is 17.5 Å². The summed E-state index contributed by atoms with van der Waals surface area (Å²) >= 11 is 0. The Labute approximate surface area is 145 Å². The van der Waals surface area contributed by atoms with E-state index in [1.807, 2.05) is 13.0 Å². The van der Waals surface area contributed by atoms with Crippen molar-refractivity contribution >= 4 is 17.3 Å². The number of benzene rings is 1. The maximum Gasteiger partial charge on any atom is 0.136 e. The first-order chi connectivity index (χ1) is 11.6. The molecule has 2 N–H and O–H groups in total. The van der Waals surface area contributed by atoms with Crippen molar-refractivity contribution in [3.05, 3.63) is 41.7 Å². The van der Waals surface area contributed by atoms with E-state index in [-0.39, 0.29) is 0 Å². The van der Waals surface area contributed by atoms with Gasteiger partial charge in [0.15, 0.2) is 0 Å². The number of anilines is 3. The van der Waals surface area contributed by atoms with Crippen molar-refractivity contribution in [3.63, 3.8) is 0 Å². The molecule has 0 radical (unpaired) electrons. The zero-order valence-corrected chi connectivity index (χ0v) is 15.0. The third kappa shape index (κ3) is 4.25. The molecule has 1 aromatic carbocycles. The van der Waals surface area contributed by atoms with Crippen molar-refractivity contribution < 1.29 is 0 Å². The van der Waals surface area contributed by atoms with Gasteiger partial charge in [-0.25, -0.2) is 9.97 Å². The molecule has 0 atom stereocenters. The second-order valence-corrected chi connectivity index (χ2v) is 7.03. The zero-order valence-electron chi connectivity index (χ0n) is 15.0. The normalized spacial score (nSPS) is 15.5. The summed E-state index contributed by atoms with van der Waals surface area (Å²) < 4.78 is 0. The second kappa shape index (κ2) is 7.65. The molecule has 0 spiro atoms. The van der Waals surface area contributed by atoms with E-state index >= 15 is 0 Å². The number of nitrogens with one attached hydrogen (secondary N) is 2. The van der Waals surface area contributed by atoms with Crippen molar-refractivity contribution in [2.45, 2.75) is 64.8 Å². The van der Waals surface area contributed by atoms with Crippen LogP contribution in [0.15, 0.2) is 30.3 Å². The molecule has 0 aliphatic heterocycles. The highest BCUT2D eigenvalue weighted by Crippen LogP contribution is 2.27. The Kier molecular flexibility index (Phi) is 5.34. The Balaban J connectivity index is 1.79. The Hall–Kier alpha value is -2.10. The molecule has 0 amide bonds. The maximum atomic E-state index is 4.56. The molecule has 4 heteroatoms. The van der Waals surface area contributed by atoms with Crippen LogP contribution in [0, 0.1) is 6.92 Å². The Morgan fingerprint density at radius 3 is 2.46 bits per heavy atom. The standard InChI is InChI=1S/C20H28N4/c1-14(2)17-11-7-8-12-18(17)24-20-13-19(21-15(3)22-20)23-16-9-5-4-6-10-16/h7-8,11-14,16H,4-6,9-10H2,1-3H3,(H2,21,22,23,24). The third-order valence-electron chi connectivity index (χ3n) is 4.64. The van der Waals surface area contributed by atoms with Crippen LogP contribution >= 0.6 is 0 Å². The summed E-state index contributed by atoms with van der Waals surface area (Å²) in [7, 11) is 0. The van der Waals surface area contributed by atoms with Crippen LogP contribution in [0.2, 0.25) is 0 Å². The minimum absolute atomic E-state index is 0.469. The zero-order chi connectivity index (χ0) is 16.9. The number of rotatable bonds is 5. The molecule has 0 saturated heterocycles. The van der Waals surface area contributed by atoms with Gasteiger partial charge in [-0.3, -0.25) is 0 Å². The van der Waals surface area contributed by atoms with Crippen LogP contribution in [-0.2, 0) is 0 Å². The summed E-state index contributed by atoms with van der Waals surface area (Å²) in [5.74, 6) is 3.05. The number of hydrogen-bond donors (Lipinski definition) is 2. The SMILES string of the molecule is Cc1nc(Nc2ccccc2C(C)C)cc(NC2CCCCC2)n1. The van der Waals surface area contributed by atoms with Crippen LogP contribution in [-0.4, -0.2) is 16.0 Å². The maximum absolute atomic E-state index is 4.56. The molecule has 24 heavy (non-hydrogen) atoms. The lowest BCUT2D eigenvalue weighted by molar-refractivity contribution is 0.462. The lowest BCUT2D eigenvalue weighted by atomic mass is 9.95. The lowest BCUT2D eigenvalue weighted by Crippen LogP contribution is -2.23. The van der Waals surface area contributed by atoms with Crippen molar-refractivity contribution in [2.24, 2.45) is 0 Å². The van der Waals surface area contributed by atoms with Gasteiger partial charge in [-0.05, 0) is 37.3 Å². The van der Waals surface area contributed by atoms with Crippen molar-refractivity contribution in [1.82, 2.24) is 9.97 Å². The number of para-hydroxylation sites is 1. The quantitative estimate of drug-likeness (QED) is 0.773. The average Bonchev–Trinajstić information content (AvgIpc) is 2.55. The first-order valence-corrected chi connectivity index (χ1v) is 9.10. The summed E-state index contributed by atoms with van der Waals surface area (Å²) in [4.78, 5) is 9.13. The fourth-order valence-electron chi connectivity index (χ4n) is 3.41. The van der Waals surface area contributed by atoms with Gasteiger partial charge in [0.2, 0.25) is 0 Å². The molecule has 1 aliphatic carbocycles. The predicted molar refractivity (Wildman–Crippen MR) is 101 cm³/mol. The van der Waals surface area contributed by atoms with Gasteiger partial charge in [0, 0.05) is 17.8 Å². The molecule has 0 unspecified atom stereocenters. The Morgan fingerprint density at radius 2 is 1.71 bits per heavy atom. The van der Waals surface area contributed by atoms with Crippen LogP contribution < -0.4 is 10.6 Å². The molecule has 2 aromatic rings. The van der Waals surface area contributed by atoms with Gasteiger partial charge in [-0.1, -0.05) is 51.3 Å². The van der Waals surface area contributed by atoms with E-state index in [0.717, 1.165) is 23.1 Å². The van der Waals surface area contributed by atoms with Crippen LogP contribution in [0.3, 0.4) is 0 Å². The van der Waals surface area contributed by atoms with Crippen LogP contribution in [0.4, 0.5) is 17.3 Å². The molecule has 1 saturated carbocycles. The molecular weight excluding hydrogens is 296 g/mol. The first kappa shape index (κ1) is 16.7. The molecule has 128 valence electrons. The van der Waals surface area contributed by atoms with Gasteiger partial charge in [-0.2, -0.15) is 0 Å². The van der Waals surface area contributed by atoms with Gasteiger partial charge in [0.05, 0.1) is 0 Å². The largest absolute Gasteiger partial charge is 0.367 e. The number of hydrogen-bond acceptors (Lipinski definition) is 4. The summed E-state index contributed by atoms with van der Waals surface area (Å²) in [6.07, 6.45) is 6.47. The number of aromatic nitrogens is 2. The van der Waals surface area contributed by atoms with E-state index in [1.54, 1.807) is 0 Å². The number of nitrogens with zero attached hydrogens (tertiary/aromatic N) is 2. The van der Waals surface area contributed by atoms with E-state index in [4.69, 9.17) is 0 Å². The highest BCUT2D eigenvalue weighted by atomic mass is 15.1. The third-order valence-corrected chi connectivity index (χ3v) is 4.64. The summed E-state index contributed by atoms with van der Waals surface area (Å²) in [5, 5.41) is 7.08. The van der Waals surface area contributed by atoms with Gasteiger partial charge < -0.3 is 10.6 Å². The second-order valence-electron chi connectivity index (χ2n) is 7.03. The van der Waals surface area contributed by atoms with Crippen LogP contribution in [0.1, 0.15) is 63.3 Å². The molecular formula is C20H28N4. The van der Waals surface area contributed by atoms with Gasteiger partial charge >= 0.3 is 0 Å². The van der Waals surface area contributed by atoms with Gasteiger partial charge in [-0.15, -0.1) is 0 Å².